The van der Waals surface area contributed by atoms with E-state index in [2.05, 4.69) is 14.7 Å². The third-order valence-electron chi connectivity index (χ3n) is 1.87. The molecule has 1 aliphatic heterocycles. The van der Waals surface area contributed by atoms with Crippen molar-refractivity contribution in [2.24, 2.45) is 0 Å². The van der Waals surface area contributed by atoms with Gasteiger partial charge in [-0.2, -0.15) is 4.98 Å². The first-order valence-electron chi connectivity index (χ1n) is 4.06. The normalized spacial score (nSPS) is 15.6. The van der Waals surface area contributed by atoms with Crippen molar-refractivity contribution >= 4 is 11.8 Å². The van der Waals surface area contributed by atoms with E-state index in [1.807, 2.05) is 0 Å². The molecule has 1 aromatic heterocycles. The highest BCUT2D eigenvalue weighted by Crippen LogP contribution is 2.04. The van der Waals surface area contributed by atoms with Crippen LogP contribution >= 0.6 is 0 Å². The van der Waals surface area contributed by atoms with Crippen LogP contribution in [0.25, 0.3) is 0 Å². The van der Waals surface area contributed by atoms with Gasteiger partial charge < -0.3 is 4.52 Å². The topological polar surface area (TPSA) is 76.3 Å². The molecule has 0 aliphatic carbocycles. The Kier molecular flexibility index (Phi) is 2.10. The lowest BCUT2D eigenvalue weighted by atomic mass is 10.4. The van der Waals surface area contributed by atoms with Gasteiger partial charge in [0.15, 0.2) is 5.82 Å². The summed E-state index contributed by atoms with van der Waals surface area (Å²) in [6.07, 6.45) is 4.12. The number of rotatable bonds is 3. The maximum atomic E-state index is 11.1. The van der Waals surface area contributed by atoms with Crippen LogP contribution in [0.5, 0.6) is 0 Å². The molecule has 1 aromatic rings. The molecule has 1 aliphatic rings. The Morgan fingerprint density at radius 2 is 2.00 bits per heavy atom. The molecule has 0 aromatic carbocycles. The molecule has 14 heavy (non-hydrogen) atoms. The Labute approximate surface area is 79.2 Å². The van der Waals surface area contributed by atoms with Gasteiger partial charge in [0, 0.05) is 25.1 Å². The highest BCUT2D eigenvalue weighted by molar-refractivity contribution is 6.12. The molecule has 0 fully saturated rings. The molecule has 2 rings (SSSR count). The number of amides is 2. The minimum Gasteiger partial charge on any atom is -0.343 e. The number of nitrogens with zero attached hydrogens (tertiary/aromatic N) is 3. The van der Waals surface area contributed by atoms with Crippen molar-refractivity contribution in [1.29, 1.82) is 0 Å². The molecule has 0 N–H and O–H groups in total. The van der Waals surface area contributed by atoms with Crippen LogP contribution in [0.4, 0.5) is 0 Å². The van der Waals surface area contributed by atoms with Crippen molar-refractivity contribution in [2.45, 2.75) is 6.42 Å². The maximum absolute atomic E-state index is 11.1. The largest absolute Gasteiger partial charge is 0.343 e. The average molecular weight is 193 g/mol. The van der Waals surface area contributed by atoms with Gasteiger partial charge >= 0.3 is 0 Å². The average Bonchev–Trinajstić information content (AvgIpc) is 2.76. The van der Waals surface area contributed by atoms with Gasteiger partial charge in [-0.3, -0.25) is 14.5 Å². The smallest absolute Gasteiger partial charge is 0.253 e. The van der Waals surface area contributed by atoms with Crippen molar-refractivity contribution in [3.05, 3.63) is 24.4 Å². The van der Waals surface area contributed by atoms with Gasteiger partial charge in [0.1, 0.15) is 0 Å². The summed E-state index contributed by atoms with van der Waals surface area (Å²) in [7, 11) is 0. The summed E-state index contributed by atoms with van der Waals surface area (Å²) in [4.78, 5) is 27.1. The van der Waals surface area contributed by atoms with Crippen LogP contribution < -0.4 is 0 Å². The number of carbonyl (C=O) groups excluding carboxylic acids is 2. The van der Waals surface area contributed by atoms with Gasteiger partial charge in [0.25, 0.3) is 11.8 Å². The van der Waals surface area contributed by atoms with Crippen molar-refractivity contribution in [2.75, 3.05) is 6.54 Å². The highest BCUT2D eigenvalue weighted by atomic mass is 16.5. The summed E-state index contributed by atoms with van der Waals surface area (Å²) >= 11 is 0. The van der Waals surface area contributed by atoms with Crippen molar-refractivity contribution in [1.82, 2.24) is 15.0 Å². The molecule has 6 nitrogen and oxygen atoms in total. The Bertz CT molecular complexity index is 365. The van der Waals surface area contributed by atoms with Gasteiger partial charge in [0.2, 0.25) is 6.39 Å². The van der Waals surface area contributed by atoms with Crippen molar-refractivity contribution in [3.8, 4) is 0 Å². The molecule has 2 amide bonds. The van der Waals surface area contributed by atoms with E-state index in [0.29, 0.717) is 12.2 Å². The van der Waals surface area contributed by atoms with Crippen LogP contribution in [-0.4, -0.2) is 33.4 Å². The van der Waals surface area contributed by atoms with Crippen LogP contribution in [0.1, 0.15) is 5.82 Å². The molecule has 0 spiro atoms. The first-order valence-corrected chi connectivity index (χ1v) is 4.06. The van der Waals surface area contributed by atoms with Gasteiger partial charge in [-0.15, -0.1) is 0 Å². The Morgan fingerprint density at radius 1 is 1.29 bits per heavy atom. The Morgan fingerprint density at radius 3 is 2.57 bits per heavy atom. The Hall–Kier alpha value is -1.98. The van der Waals surface area contributed by atoms with E-state index in [4.69, 9.17) is 0 Å². The number of hydrogen-bond acceptors (Lipinski definition) is 5. The fourth-order valence-electron chi connectivity index (χ4n) is 1.17. The molecule has 2 heterocycles. The zero-order valence-electron chi connectivity index (χ0n) is 7.21. The summed E-state index contributed by atoms with van der Waals surface area (Å²) in [6.45, 7) is 0.282. The predicted octanol–water partition coefficient (Wildman–Crippen LogP) is -0.463. The summed E-state index contributed by atoms with van der Waals surface area (Å²) in [5.41, 5.74) is 0. The summed E-state index contributed by atoms with van der Waals surface area (Å²) in [5, 5.41) is 3.57. The Balaban J connectivity index is 1.93. The van der Waals surface area contributed by atoms with E-state index in [1.54, 1.807) is 0 Å². The lowest BCUT2D eigenvalue weighted by molar-refractivity contribution is -0.136. The lowest BCUT2D eigenvalue weighted by Crippen LogP contribution is -2.32. The van der Waals surface area contributed by atoms with Crippen LogP contribution in [0.3, 0.4) is 0 Å². The van der Waals surface area contributed by atoms with Gasteiger partial charge in [-0.25, -0.2) is 0 Å². The second-order valence-corrected chi connectivity index (χ2v) is 2.76. The van der Waals surface area contributed by atoms with Gasteiger partial charge in [-0.05, 0) is 0 Å². The highest BCUT2D eigenvalue weighted by Gasteiger charge is 2.22. The monoisotopic (exact) mass is 193 g/mol. The van der Waals surface area contributed by atoms with Crippen LogP contribution in [-0.2, 0) is 16.0 Å². The van der Waals surface area contributed by atoms with Crippen molar-refractivity contribution in [3.63, 3.8) is 0 Å². The fourth-order valence-corrected chi connectivity index (χ4v) is 1.17. The first kappa shape index (κ1) is 8.61. The van der Waals surface area contributed by atoms with E-state index in [-0.39, 0.29) is 18.4 Å². The molecule has 0 radical (unpaired) electrons. The summed E-state index contributed by atoms with van der Waals surface area (Å²) in [6, 6.07) is 0. The minimum absolute atomic E-state index is 0.282. The van der Waals surface area contributed by atoms with Gasteiger partial charge in [-0.1, -0.05) is 5.16 Å². The predicted molar refractivity (Wildman–Crippen MR) is 43.9 cm³/mol. The number of imide groups is 1. The summed E-state index contributed by atoms with van der Waals surface area (Å²) in [5.74, 6) is -0.102. The van der Waals surface area contributed by atoms with Crippen LogP contribution in [0.15, 0.2) is 23.1 Å². The van der Waals surface area contributed by atoms with Crippen LogP contribution in [0, 0.1) is 0 Å². The SMILES string of the molecule is O=C1C=CC(=O)N1CCc1ncon1. The van der Waals surface area contributed by atoms with E-state index in [0.717, 1.165) is 4.90 Å². The third kappa shape index (κ3) is 1.54. The van der Waals surface area contributed by atoms with Gasteiger partial charge in [0.05, 0.1) is 0 Å². The van der Waals surface area contributed by atoms with E-state index < -0.39 is 0 Å². The van der Waals surface area contributed by atoms with Crippen LogP contribution in [0.2, 0.25) is 0 Å². The number of hydrogen-bond donors (Lipinski definition) is 0. The second-order valence-electron chi connectivity index (χ2n) is 2.76. The van der Waals surface area contributed by atoms with E-state index in [9.17, 15) is 9.59 Å². The molecular weight excluding hydrogens is 186 g/mol. The first-order chi connectivity index (χ1) is 6.77. The molecule has 6 heteroatoms. The molecular formula is C8H7N3O3. The number of aromatic nitrogens is 2. The molecule has 0 unspecified atom stereocenters. The standard InChI is InChI=1S/C8H7N3O3/c12-7-1-2-8(13)11(7)4-3-6-9-5-14-10-6/h1-2,5H,3-4H2. The fraction of sp³-hybridized carbons (Fsp3) is 0.250. The molecule has 72 valence electrons. The molecule has 0 saturated carbocycles. The zero-order valence-corrected chi connectivity index (χ0v) is 7.21. The zero-order chi connectivity index (χ0) is 9.97. The third-order valence-corrected chi connectivity index (χ3v) is 1.87. The van der Waals surface area contributed by atoms with E-state index in [1.165, 1.54) is 18.5 Å². The number of carbonyl (C=O) groups is 2. The molecule has 0 bridgehead atoms. The lowest BCUT2D eigenvalue weighted by Gasteiger charge is -2.11. The van der Waals surface area contributed by atoms with Crippen molar-refractivity contribution < 1.29 is 14.1 Å². The molecule has 0 saturated heterocycles. The molecule has 0 atom stereocenters. The quantitative estimate of drug-likeness (QED) is 0.607. The van der Waals surface area contributed by atoms with E-state index >= 15 is 0 Å². The maximum Gasteiger partial charge on any atom is 0.253 e. The summed E-state index contributed by atoms with van der Waals surface area (Å²) < 4.78 is 4.52. The minimum atomic E-state index is -0.293. The second kappa shape index (κ2) is 3.41.